The molecule has 17 nitrogen and oxygen atoms in total. The van der Waals surface area contributed by atoms with E-state index in [0.29, 0.717) is 5.95 Å². The number of fused-ring (bicyclic) bond motifs is 16. The Labute approximate surface area is 879 Å². The van der Waals surface area contributed by atoms with Gasteiger partial charge in [-0.15, -0.1) is 0 Å². The average Bonchev–Trinajstić information content (AvgIpc) is 1.58. The summed E-state index contributed by atoms with van der Waals surface area (Å²) in [5.41, 5.74) is 29.6. The van der Waals surface area contributed by atoms with E-state index in [9.17, 15) is 0 Å². The molecule has 0 fully saturated rings. The maximum absolute atomic E-state index is 5.04. The Bertz CT molecular complexity index is 9190. The summed E-state index contributed by atoms with van der Waals surface area (Å²) in [7, 11) is 0. The highest BCUT2D eigenvalue weighted by atomic mass is 79.9. The first kappa shape index (κ1) is 91.4. The summed E-state index contributed by atoms with van der Waals surface area (Å²) >= 11 is 18.0. The second-order valence-corrected chi connectivity index (χ2v) is 39.3. The Balaban J connectivity index is 0.000000100. The molecule has 694 valence electrons. The summed E-state index contributed by atoms with van der Waals surface area (Å²) in [5, 5.41) is 12.7. The van der Waals surface area contributed by atoms with Crippen molar-refractivity contribution in [3.05, 3.63) is 497 Å². The summed E-state index contributed by atoms with van der Waals surface area (Å²) in [6.45, 7) is 0. The standard InChI is InChI=1S/C33H21BrN4.C32H20BrN5.C25H15BrN4.2C17H11BrN2/c34-26-11-14-28-29-6-5-17-37-33(29)38(32(28)21-26)27-12-9-22(10-13-27)23-18-24(30-7-1-3-15-35-30)20-25(19-23)31-8-2-4-16-36-31;33-23-11-14-25-26-6-5-17-36-32(26)38(31(25)20-23)24-12-9-21(10-13-24)22-18-29(27-7-1-3-15-34-27)37-30(19-22)28-8-2-4-16-35-28;26-17-12-13-18-19-10-6-14-27-24(19)30(22(18)15-17)25-28-21-11-5-4-9-20(21)23(29-25)16-7-2-1-3-8-16;18-12-6-7-14-15-11-19-9-8-16(15)20(17(14)10-12)13-4-2-1-3-5-13;18-12-6-7-14-15-8-9-19-11-17(15)20(16(14)10-12)13-4-2-1-3-5-13/h1-21H;1-20H;1-15H;2*1-11H. The fraction of sp³-hybridized carbons (Fsp3) is 0. The van der Waals surface area contributed by atoms with Gasteiger partial charge in [-0.2, -0.15) is 0 Å². The minimum Gasteiger partial charge on any atom is -0.309 e. The van der Waals surface area contributed by atoms with Gasteiger partial charge in [0.15, 0.2) is 0 Å². The normalized spacial score (nSPS) is 11.3. The molecule has 0 unspecified atom stereocenters. The van der Waals surface area contributed by atoms with Crippen molar-refractivity contribution in [2.45, 2.75) is 0 Å². The number of rotatable bonds is 12. The average molecular weight is 2210 g/mol. The van der Waals surface area contributed by atoms with Crippen LogP contribution < -0.4 is 0 Å². The molecule has 0 saturated carbocycles. The van der Waals surface area contributed by atoms with Crippen molar-refractivity contribution in [3.8, 4) is 107 Å². The summed E-state index contributed by atoms with van der Waals surface area (Å²) in [5.74, 6) is 0.615. The van der Waals surface area contributed by atoms with Crippen LogP contribution in [0.2, 0.25) is 0 Å². The molecule has 28 aromatic rings. The monoisotopic (exact) mass is 2200 g/mol. The van der Waals surface area contributed by atoms with Crippen LogP contribution in [0, 0.1) is 0 Å². The molecule has 0 N–H and O–H groups in total. The molecule has 0 amide bonds. The van der Waals surface area contributed by atoms with Crippen LogP contribution in [-0.2, 0) is 0 Å². The molecule has 0 atom stereocenters. The Hall–Kier alpha value is -17.1. The van der Waals surface area contributed by atoms with Gasteiger partial charge in [-0.3, -0.25) is 43.6 Å². The van der Waals surface area contributed by atoms with Crippen molar-refractivity contribution < 1.29 is 0 Å². The van der Waals surface area contributed by atoms with Gasteiger partial charge in [0.25, 0.3) is 0 Å². The van der Waals surface area contributed by atoms with E-state index in [-0.39, 0.29) is 0 Å². The molecule has 0 bridgehead atoms. The highest BCUT2D eigenvalue weighted by Gasteiger charge is 2.23. The van der Waals surface area contributed by atoms with Crippen molar-refractivity contribution in [2.75, 3.05) is 0 Å². The van der Waals surface area contributed by atoms with E-state index in [1.165, 1.54) is 48.9 Å². The molecular formula is C124H78Br5N17. The van der Waals surface area contributed by atoms with Gasteiger partial charge in [0.1, 0.15) is 16.9 Å². The Morgan fingerprint density at radius 1 is 0.171 bits per heavy atom. The number of halogens is 5. The van der Waals surface area contributed by atoms with Crippen LogP contribution in [-0.4, -0.2) is 82.6 Å². The van der Waals surface area contributed by atoms with E-state index in [0.717, 1.165) is 195 Å². The van der Waals surface area contributed by atoms with Crippen LogP contribution in [0.25, 0.3) is 228 Å². The van der Waals surface area contributed by atoms with Crippen molar-refractivity contribution >= 4 is 200 Å². The maximum Gasteiger partial charge on any atom is 0.237 e. The zero-order valence-corrected chi connectivity index (χ0v) is 85.5. The van der Waals surface area contributed by atoms with Crippen LogP contribution in [0.5, 0.6) is 0 Å². The van der Waals surface area contributed by atoms with E-state index in [2.05, 4.69) is 400 Å². The lowest BCUT2D eigenvalue weighted by atomic mass is 9.96. The zero-order chi connectivity index (χ0) is 98.1. The Morgan fingerprint density at radius 2 is 0.521 bits per heavy atom. The van der Waals surface area contributed by atoms with Gasteiger partial charge < -0.3 is 9.13 Å². The predicted molar refractivity (Wildman–Crippen MR) is 612 cm³/mol. The van der Waals surface area contributed by atoms with Crippen LogP contribution in [0.15, 0.2) is 497 Å². The number of pyridine rings is 10. The third-order valence-corrected chi connectivity index (χ3v) is 28.3. The maximum atomic E-state index is 5.04. The fourth-order valence-electron chi connectivity index (χ4n) is 19.3. The van der Waals surface area contributed by atoms with Crippen molar-refractivity contribution in [3.63, 3.8) is 0 Å². The van der Waals surface area contributed by atoms with Crippen LogP contribution in [0.1, 0.15) is 0 Å². The lowest BCUT2D eigenvalue weighted by molar-refractivity contribution is 0.997. The van der Waals surface area contributed by atoms with Gasteiger partial charge in [-0.1, -0.05) is 243 Å². The third kappa shape index (κ3) is 18.0. The van der Waals surface area contributed by atoms with Gasteiger partial charge in [-0.25, -0.2) is 29.9 Å². The lowest BCUT2D eigenvalue weighted by Gasteiger charge is -2.12. The van der Waals surface area contributed by atoms with Gasteiger partial charge >= 0.3 is 0 Å². The molecule has 22 heteroatoms. The van der Waals surface area contributed by atoms with Crippen molar-refractivity contribution in [2.24, 2.45) is 0 Å². The number of para-hydroxylation sites is 3. The number of nitrogens with zero attached hydrogens (tertiary/aromatic N) is 17. The summed E-state index contributed by atoms with van der Waals surface area (Å²) in [6, 6.07) is 139. The van der Waals surface area contributed by atoms with Crippen molar-refractivity contribution in [1.82, 2.24) is 82.6 Å². The molecule has 16 heterocycles. The largest absolute Gasteiger partial charge is 0.309 e. The van der Waals surface area contributed by atoms with E-state index >= 15 is 0 Å². The van der Waals surface area contributed by atoms with Gasteiger partial charge in [0, 0.05) is 183 Å². The van der Waals surface area contributed by atoms with Crippen LogP contribution >= 0.6 is 79.6 Å². The topological polar surface area (TPSA) is 179 Å². The number of hydrogen-bond donors (Lipinski definition) is 0. The second kappa shape index (κ2) is 40.3. The molecule has 0 saturated heterocycles. The van der Waals surface area contributed by atoms with E-state index in [1.807, 2.05) is 200 Å². The molecule has 146 heavy (non-hydrogen) atoms. The molecule has 0 aliphatic carbocycles. The van der Waals surface area contributed by atoms with Gasteiger partial charge in [0.2, 0.25) is 5.95 Å². The van der Waals surface area contributed by atoms with Gasteiger partial charge in [0.05, 0.1) is 90.2 Å². The summed E-state index contributed by atoms with van der Waals surface area (Å²) in [6.07, 6.45) is 20.3. The SMILES string of the molecule is Brc1ccc2c3cccnc3n(-c3ccc(-c4cc(-c5ccccn5)cc(-c5ccccn5)c4)cc3)c2c1.Brc1ccc2c3cccnc3n(-c3ccc(-c4cc(-c5ccccn5)nc(-c5ccccn5)c4)cc3)c2c1.Brc1ccc2c3cccnc3n(-c3nc(-c4ccccc4)c4ccccc4n3)c2c1.Brc1ccc2c3ccncc3n(-c3ccccc3)c2c1.Brc1ccc2c3cnccc3n(-c3ccccc3)c2c1. The number of hydrogen-bond acceptors (Lipinski definition) is 12. The van der Waals surface area contributed by atoms with Crippen LogP contribution in [0.3, 0.4) is 0 Å². The molecule has 0 spiro atoms. The smallest absolute Gasteiger partial charge is 0.237 e. The molecular weight excluding hydrogens is 2130 g/mol. The molecule has 16 aromatic heterocycles. The minimum atomic E-state index is 0.615. The summed E-state index contributed by atoms with van der Waals surface area (Å²) < 4.78 is 16.3. The van der Waals surface area contributed by atoms with Gasteiger partial charge in [-0.05, 0) is 265 Å². The van der Waals surface area contributed by atoms with Crippen molar-refractivity contribution in [1.29, 1.82) is 0 Å². The first-order valence-corrected chi connectivity index (χ1v) is 51.1. The first-order valence-electron chi connectivity index (χ1n) is 47.2. The minimum absolute atomic E-state index is 0.615. The second-order valence-electron chi connectivity index (χ2n) is 34.7. The molecule has 28 rings (SSSR count). The first-order chi connectivity index (χ1) is 72.0. The highest BCUT2D eigenvalue weighted by molar-refractivity contribution is 9.11. The number of benzene rings is 12. The molecule has 0 aliphatic rings. The quantitative estimate of drug-likeness (QED) is 0.113. The van der Waals surface area contributed by atoms with E-state index in [4.69, 9.17) is 24.9 Å². The molecule has 0 radical (unpaired) electrons. The molecule has 0 aliphatic heterocycles. The summed E-state index contributed by atoms with van der Waals surface area (Å²) in [4.78, 5) is 55.8. The third-order valence-electron chi connectivity index (χ3n) is 25.8. The highest BCUT2D eigenvalue weighted by Crippen LogP contribution is 2.43. The van der Waals surface area contributed by atoms with E-state index < -0.39 is 0 Å². The van der Waals surface area contributed by atoms with E-state index in [1.54, 1.807) is 12.4 Å². The lowest BCUT2D eigenvalue weighted by Crippen LogP contribution is -2.04. The Morgan fingerprint density at radius 3 is 0.986 bits per heavy atom. The molecule has 12 aromatic carbocycles. The fourth-order valence-corrected chi connectivity index (χ4v) is 21.0. The predicted octanol–water partition coefficient (Wildman–Crippen LogP) is 33.3. The Kier molecular flexibility index (Phi) is 25.3. The zero-order valence-electron chi connectivity index (χ0n) is 77.5. The number of aromatic nitrogens is 17. The van der Waals surface area contributed by atoms with Crippen LogP contribution in [0.4, 0.5) is 0 Å².